The molecule has 0 radical (unpaired) electrons. The molecule has 1 unspecified atom stereocenters. The summed E-state index contributed by atoms with van der Waals surface area (Å²) in [5, 5.41) is 3.99. The van der Waals surface area contributed by atoms with Gasteiger partial charge in [0.15, 0.2) is 0 Å². The monoisotopic (exact) mass is 255 g/mol. The lowest BCUT2D eigenvalue weighted by atomic mass is 10.1. The summed E-state index contributed by atoms with van der Waals surface area (Å²) in [5.41, 5.74) is 2.85. The molecule has 1 amide bonds. The molecule has 1 atom stereocenters. The van der Waals surface area contributed by atoms with Crippen LogP contribution in [0.5, 0.6) is 0 Å². The van der Waals surface area contributed by atoms with Crippen LogP contribution in [-0.2, 0) is 4.79 Å². The number of aromatic amines is 1. The van der Waals surface area contributed by atoms with E-state index in [1.807, 2.05) is 18.6 Å². The molecule has 6 heteroatoms. The lowest BCUT2D eigenvalue weighted by Gasteiger charge is -2.24. The van der Waals surface area contributed by atoms with Gasteiger partial charge in [0, 0.05) is 24.5 Å². The van der Waals surface area contributed by atoms with Crippen LogP contribution in [0.15, 0.2) is 24.8 Å². The molecule has 6 nitrogen and oxygen atoms in total. The van der Waals surface area contributed by atoms with Crippen molar-refractivity contribution in [2.75, 3.05) is 6.54 Å². The van der Waals surface area contributed by atoms with Crippen molar-refractivity contribution in [2.24, 2.45) is 0 Å². The van der Waals surface area contributed by atoms with Crippen LogP contribution in [-0.4, -0.2) is 32.0 Å². The van der Waals surface area contributed by atoms with E-state index < -0.39 is 0 Å². The topological polar surface area (TPSA) is 75.6 Å². The van der Waals surface area contributed by atoms with Gasteiger partial charge in [-0.25, -0.2) is 9.97 Å². The highest BCUT2D eigenvalue weighted by Crippen LogP contribution is 2.27. The Bertz CT molecular complexity index is 762. The summed E-state index contributed by atoms with van der Waals surface area (Å²) in [5.74, 6) is 0.133. The molecule has 1 saturated heterocycles. The second-order valence-corrected chi connectivity index (χ2v) is 4.88. The van der Waals surface area contributed by atoms with E-state index in [2.05, 4.69) is 24.8 Å². The molecule has 1 fully saturated rings. The maximum absolute atomic E-state index is 11.3. The van der Waals surface area contributed by atoms with Crippen LogP contribution in [0.25, 0.3) is 22.1 Å². The average Bonchev–Trinajstić information content (AvgIpc) is 3.04. The number of carbonyl (C=O) groups is 1. The van der Waals surface area contributed by atoms with E-state index in [1.165, 1.54) is 0 Å². The van der Waals surface area contributed by atoms with Gasteiger partial charge in [-0.2, -0.15) is 0 Å². The highest BCUT2D eigenvalue weighted by atomic mass is 16.1. The first-order chi connectivity index (χ1) is 9.33. The molecular formula is C13H13N5O. The average molecular weight is 255 g/mol. The maximum atomic E-state index is 11.3. The van der Waals surface area contributed by atoms with Crippen LogP contribution in [0, 0.1) is 0 Å². The zero-order valence-electron chi connectivity index (χ0n) is 10.3. The number of nitrogens with zero attached hydrogens (tertiary/aromatic N) is 3. The minimum Gasteiger partial charge on any atom is -0.354 e. The molecule has 96 valence electrons. The van der Waals surface area contributed by atoms with E-state index in [0.717, 1.165) is 28.5 Å². The molecule has 1 aliphatic heterocycles. The molecular weight excluding hydrogens is 242 g/mol. The van der Waals surface area contributed by atoms with Crippen LogP contribution >= 0.6 is 0 Å². The van der Waals surface area contributed by atoms with Gasteiger partial charge in [-0.05, 0) is 12.5 Å². The molecule has 1 aliphatic rings. The highest BCUT2D eigenvalue weighted by molar-refractivity contribution is 6.01. The quantitative estimate of drug-likeness (QED) is 0.689. The van der Waals surface area contributed by atoms with Crippen molar-refractivity contribution in [2.45, 2.75) is 18.9 Å². The second-order valence-electron chi connectivity index (χ2n) is 4.88. The number of fused-ring (bicyclic) bond motifs is 3. The Kier molecular flexibility index (Phi) is 2.11. The van der Waals surface area contributed by atoms with Crippen molar-refractivity contribution < 1.29 is 4.79 Å². The van der Waals surface area contributed by atoms with Gasteiger partial charge in [-0.15, -0.1) is 0 Å². The molecule has 0 aromatic carbocycles. The van der Waals surface area contributed by atoms with Gasteiger partial charge in [0.2, 0.25) is 5.91 Å². The predicted octanol–water partition coefficient (Wildman–Crippen LogP) is 1.36. The first-order valence-electron chi connectivity index (χ1n) is 6.38. The van der Waals surface area contributed by atoms with Gasteiger partial charge in [-0.1, -0.05) is 0 Å². The number of H-pyrrole nitrogens is 1. The normalized spacial score (nSPS) is 20.0. The number of imidazole rings is 1. The Hall–Kier alpha value is -2.37. The van der Waals surface area contributed by atoms with Gasteiger partial charge in [0.25, 0.3) is 0 Å². The minimum atomic E-state index is 0.133. The van der Waals surface area contributed by atoms with Crippen LogP contribution in [0.4, 0.5) is 0 Å². The number of carbonyl (C=O) groups excluding carboxylic acids is 1. The van der Waals surface area contributed by atoms with Crippen LogP contribution in [0.2, 0.25) is 0 Å². The number of piperidine rings is 1. The Morgan fingerprint density at radius 3 is 3.16 bits per heavy atom. The molecule has 0 saturated carbocycles. The molecule has 4 heterocycles. The van der Waals surface area contributed by atoms with Crippen molar-refractivity contribution in [3.05, 3.63) is 24.8 Å². The maximum Gasteiger partial charge on any atom is 0.220 e. The predicted molar refractivity (Wildman–Crippen MR) is 70.7 cm³/mol. The standard InChI is InChI=1S/C13H13N5O/c19-11-2-1-8(5-15-11)18-7-17-10-6-16-13-9(12(10)18)3-4-14-13/h3-4,6-8H,1-2,5H2,(H,14,16)(H,15,19). The van der Waals surface area contributed by atoms with E-state index in [1.54, 1.807) is 6.20 Å². The van der Waals surface area contributed by atoms with Crippen molar-refractivity contribution in [1.82, 2.24) is 24.8 Å². The first kappa shape index (κ1) is 10.5. The summed E-state index contributed by atoms with van der Waals surface area (Å²) in [7, 11) is 0. The third kappa shape index (κ3) is 1.53. The number of hydrogen-bond donors (Lipinski definition) is 2. The molecule has 0 spiro atoms. The zero-order valence-corrected chi connectivity index (χ0v) is 10.3. The van der Waals surface area contributed by atoms with Gasteiger partial charge >= 0.3 is 0 Å². The molecule has 3 aromatic heterocycles. The Balaban J connectivity index is 1.89. The number of pyridine rings is 1. The van der Waals surface area contributed by atoms with Gasteiger partial charge in [0.05, 0.1) is 24.1 Å². The fourth-order valence-corrected chi connectivity index (χ4v) is 2.77. The number of hydrogen-bond acceptors (Lipinski definition) is 3. The van der Waals surface area contributed by atoms with Crippen molar-refractivity contribution in [1.29, 1.82) is 0 Å². The fraction of sp³-hybridized carbons (Fsp3) is 0.308. The number of amides is 1. The third-order valence-electron chi connectivity index (χ3n) is 3.75. The van der Waals surface area contributed by atoms with Crippen molar-refractivity contribution >= 4 is 28.0 Å². The smallest absolute Gasteiger partial charge is 0.220 e. The lowest BCUT2D eigenvalue weighted by Crippen LogP contribution is -2.35. The van der Waals surface area contributed by atoms with Crippen molar-refractivity contribution in [3.63, 3.8) is 0 Å². The summed E-state index contributed by atoms with van der Waals surface area (Å²) in [6.45, 7) is 0.665. The van der Waals surface area contributed by atoms with E-state index in [0.29, 0.717) is 13.0 Å². The summed E-state index contributed by atoms with van der Waals surface area (Å²) in [4.78, 5) is 23.1. The van der Waals surface area contributed by atoms with Gasteiger partial charge in [0.1, 0.15) is 11.2 Å². The summed E-state index contributed by atoms with van der Waals surface area (Å²) >= 11 is 0. The summed E-state index contributed by atoms with van der Waals surface area (Å²) in [6.07, 6.45) is 6.95. The Morgan fingerprint density at radius 2 is 2.32 bits per heavy atom. The second kappa shape index (κ2) is 3.81. The number of rotatable bonds is 1. The summed E-state index contributed by atoms with van der Waals surface area (Å²) in [6, 6.07) is 2.28. The van der Waals surface area contributed by atoms with E-state index in [4.69, 9.17) is 0 Å². The molecule has 4 rings (SSSR count). The third-order valence-corrected chi connectivity index (χ3v) is 3.75. The van der Waals surface area contributed by atoms with E-state index in [9.17, 15) is 4.79 Å². The first-order valence-corrected chi connectivity index (χ1v) is 6.38. The van der Waals surface area contributed by atoms with E-state index in [-0.39, 0.29) is 11.9 Å². The Labute approximate surface area is 108 Å². The molecule has 19 heavy (non-hydrogen) atoms. The van der Waals surface area contributed by atoms with Crippen LogP contribution < -0.4 is 5.32 Å². The lowest BCUT2D eigenvalue weighted by molar-refractivity contribution is -0.122. The van der Waals surface area contributed by atoms with Crippen LogP contribution in [0.1, 0.15) is 18.9 Å². The fourth-order valence-electron chi connectivity index (χ4n) is 2.77. The minimum absolute atomic E-state index is 0.133. The van der Waals surface area contributed by atoms with E-state index >= 15 is 0 Å². The summed E-state index contributed by atoms with van der Waals surface area (Å²) < 4.78 is 2.16. The van der Waals surface area contributed by atoms with Gasteiger partial charge in [-0.3, -0.25) is 4.79 Å². The molecule has 0 bridgehead atoms. The molecule has 2 N–H and O–H groups in total. The molecule has 3 aromatic rings. The number of nitrogens with one attached hydrogen (secondary N) is 2. The van der Waals surface area contributed by atoms with Crippen LogP contribution in [0.3, 0.4) is 0 Å². The van der Waals surface area contributed by atoms with Crippen molar-refractivity contribution in [3.8, 4) is 0 Å². The highest BCUT2D eigenvalue weighted by Gasteiger charge is 2.22. The SMILES string of the molecule is O=C1CCC(n2cnc3cnc4[nH]ccc4c32)CN1. The number of aromatic nitrogens is 4. The molecule has 0 aliphatic carbocycles. The van der Waals surface area contributed by atoms with Gasteiger partial charge < -0.3 is 14.9 Å². The Morgan fingerprint density at radius 1 is 1.37 bits per heavy atom. The largest absolute Gasteiger partial charge is 0.354 e. The zero-order chi connectivity index (χ0) is 12.8.